The summed E-state index contributed by atoms with van der Waals surface area (Å²) in [7, 11) is 0. The third-order valence-electron chi connectivity index (χ3n) is 2.47. The van der Waals surface area contributed by atoms with E-state index in [0.29, 0.717) is 23.6 Å². The highest BCUT2D eigenvalue weighted by Crippen LogP contribution is 2.14. The highest BCUT2D eigenvalue weighted by atomic mass is 35.5. The number of piperidine rings is 1. The van der Waals surface area contributed by atoms with Crippen LogP contribution < -0.4 is 10.1 Å². The summed E-state index contributed by atoms with van der Waals surface area (Å²) in [6, 6.07) is 1.64. The van der Waals surface area contributed by atoms with Gasteiger partial charge < -0.3 is 10.1 Å². The smallest absolute Gasteiger partial charge is 0.217 e. The SMILES string of the molecule is Cl.Clc1cc(OCC2CCCNC2)ncn1. The zero-order chi connectivity index (χ0) is 10.5. The number of hydrogen-bond donors (Lipinski definition) is 1. The van der Waals surface area contributed by atoms with Gasteiger partial charge in [-0.2, -0.15) is 0 Å². The molecule has 0 amide bonds. The van der Waals surface area contributed by atoms with Gasteiger partial charge in [0, 0.05) is 18.5 Å². The third kappa shape index (κ3) is 4.12. The van der Waals surface area contributed by atoms with Crippen LogP contribution in [0.25, 0.3) is 0 Å². The number of halogens is 2. The van der Waals surface area contributed by atoms with Crippen molar-refractivity contribution in [3.05, 3.63) is 17.5 Å². The van der Waals surface area contributed by atoms with Crippen molar-refractivity contribution >= 4 is 24.0 Å². The normalized spacial score (nSPS) is 19.9. The minimum atomic E-state index is 0. The molecule has 16 heavy (non-hydrogen) atoms. The lowest BCUT2D eigenvalue weighted by Gasteiger charge is -2.22. The molecule has 1 atom stereocenters. The van der Waals surface area contributed by atoms with E-state index in [-0.39, 0.29) is 12.4 Å². The quantitative estimate of drug-likeness (QED) is 0.847. The highest BCUT2D eigenvalue weighted by molar-refractivity contribution is 6.29. The van der Waals surface area contributed by atoms with Crippen molar-refractivity contribution < 1.29 is 4.74 Å². The molecule has 0 radical (unpaired) electrons. The third-order valence-corrected chi connectivity index (χ3v) is 2.68. The summed E-state index contributed by atoms with van der Waals surface area (Å²) in [5.74, 6) is 1.13. The van der Waals surface area contributed by atoms with Gasteiger partial charge in [0.25, 0.3) is 0 Å². The van der Waals surface area contributed by atoms with Crippen molar-refractivity contribution in [1.29, 1.82) is 0 Å². The van der Waals surface area contributed by atoms with E-state index < -0.39 is 0 Å². The molecule has 1 fully saturated rings. The molecule has 1 aliphatic heterocycles. The first-order valence-corrected chi connectivity index (χ1v) is 5.53. The first-order chi connectivity index (χ1) is 7.34. The monoisotopic (exact) mass is 263 g/mol. The Kier molecular flexibility index (Phi) is 5.80. The van der Waals surface area contributed by atoms with Gasteiger partial charge in [0.2, 0.25) is 5.88 Å². The number of ether oxygens (including phenoxy) is 1. The molecule has 0 aliphatic carbocycles. The van der Waals surface area contributed by atoms with Crippen LogP contribution in [0.15, 0.2) is 12.4 Å². The largest absolute Gasteiger partial charge is 0.477 e. The number of rotatable bonds is 3. The van der Waals surface area contributed by atoms with Crippen LogP contribution in [0.2, 0.25) is 5.15 Å². The predicted octanol–water partition coefficient (Wildman–Crippen LogP) is 1.93. The van der Waals surface area contributed by atoms with Crippen LogP contribution in [0.1, 0.15) is 12.8 Å². The van der Waals surface area contributed by atoms with Gasteiger partial charge in [-0.05, 0) is 19.4 Å². The maximum Gasteiger partial charge on any atom is 0.217 e. The standard InChI is InChI=1S/C10H14ClN3O.ClH/c11-9-4-10(14-7-13-9)15-6-8-2-1-3-12-5-8;/h4,7-8,12H,1-3,5-6H2;1H. The second kappa shape index (κ2) is 6.89. The molecule has 1 aromatic rings. The highest BCUT2D eigenvalue weighted by Gasteiger charge is 2.13. The van der Waals surface area contributed by atoms with Crippen molar-refractivity contribution in [3.8, 4) is 5.88 Å². The van der Waals surface area contributed by atoms with Crippen LogP contribution in [0.5, 0.6) is 5.88 Å². The molecule has 1 aromatic heterocycles. The van der Waals surface area contributed by atoms with Crippen LogP contribution >= 0.6 is 24.0 Å². The van der Waals surface area contributed by atoms with Gasteiger partial charge in [-0.3, -0.25) is 0 Å². The lowest BCUT2D eigenvalue weighted by molar-refractivity contribution is 0.212. The maximum atomic E-state index is 5.72. The van der Waals surface area contributed by atoms with Gasteiger partial charge in [-0.15, -0.1) is 12.4 Å². The zero-order valence-corrected chi connectivity index (χ0v) is 10.4. The molecule has 0 spiro atoms. The Morgan fingerprint density at radius 1 is 1.50 bits per heavy atom. The van der Waals surface area contributed by atoms with E-state index in [1.165, 1.54) is 19.2 Å². The maximum absolute atomic E-state index is 5.72. The van der Waals surface area contributed by atoms with E-state index in [4.69, 9.17) is 16.3 Å². The minimum absolute atomic E-state index is 0. The van der Waals surface area contributed by atoms with E-state index in [1.807, 2.05) is 0 Å². The second-order valence-corrected chi connectivity index (χ2v) is 4.09. The number of nitrogens with one attached hydrogen (secondary N) is 1. The molecule has 1 aliphatic rings. The summed E-state index contributed by atoms with van der Waals surface area (Å²) in [5, 5.41) is 3.76. The second-order valence-electron chi connectivity index (χ2n) is 3.70. The van der Waals surface area contributed by atoms with Gasteiger partial charge in [0.1, 0.15) is 11.5 Å². The van der Waals surface area contributed by atoms with Crippen molar-refractivity contribution in [3.63, 3.8) is 0 Å². The number of hydrogen-bond acceptors (Lipinski definition) is 4. The summed E-state index contributed by atoms with van der Waals surface area (Å²) in [5.41, 5.74) is 0. The topological polar surface area (TPSA) is 47.0 Å². The number of aromatic nitrogens is 2. The first kappa shape index (κ1) is 13.5. The minimum Gasteiger partial charge on any atom is -0.477 e. The van der Waals surface area contributed by atoms with Gasteiger partial charge in [0.15, 0.2) is 0 Å². The Hall–Kier alpha value is -0.580. The molecule has 90 valence electrons. The van der Waals surface area contributed by atoms with Crippen molar-refractivity contribution in [2.24, 2.45) is 5.92 Å². The lowest BCUT2D eigenvalue weighted by Crippen LogP contribution is -2.33. The van der Waals surface area contributed by atoms with Crippen LogP contribution in [0.4, 0.5) is 0 Å². The van der Waals surface area contributed by atoms with Crippen LogP contribution in [-0.2, 0) is 0 Å². The Bertz CT molecular complexity index is 319. The fraction of sp³-hybridized carbons (Fsp3) is 0.600. The van der Waals surface area contributed by atoms with Gasteiger partial charge >= 0.3 is 0 Å². The Morgan fingerprint density at radius 3 is 3.06 bits per heavy atom. The van der Waals surface area contributed by atoms with E-state index in [0.717, 1.165) is 13.1 Å². The summed E-state index contributed by atoms with van der Waals surface area (Å²) < 4.78 is 5.55. The van der Waals surface area contributed by atoms with E-state index in [1.54, 1.807) is 6.07 Å². The van der Waals surface area contributed by atoms with Gasteiger partial charge in [-0.1, -0.05) is 11.6 Å². The van der Waals surface area contributed by atoms with Gasteiger partial charge in [0.05, 0.1) is 6.61 Å². The molecule has 0 saturated carbocycles. The van der Waals surface area contributed by atoms with Crippen LogP contribution in [0.3, 0.4) is 0 Å². The molecule has 1 saturated heterocycles. The lowest BCUT2D eigenvalue weighted by atomic mass is 10.0. The van der Waals surface area contributed by atoms with E-state index in [9.17, 15) is 0 Å². The fourth-order valence-electron chi connectivity index (χ4n) is 1.67. The zero-order valence-electron chi connectivity index (χ0n) is 8.86. The number of nitrogens with zero attached hydrogens (tertiary/aromatic N) is 2. The molecular formula is C10H15Cl2N3O. The average molecular weight is 264 g/mol. The summed E-state index contributed by atoms with van der Waals surface area (Å²) in [6.45, 7) is 2.84. The molecule has 0 bridgehead atoms. The summed E-state index contributed by atoms with van der Waals surface area (Å²) >= 11 is 5.72. The molecule has 1 unspecified atom stereocenters. The summed E-state index contributed by atoms with van der Waals surface area (Å²) in [6.07, 6.45) is 3.85. The predicted molar refractivity (Wildman–Crippen MR) is 65.4 cm³/mol. The molecule has 2 heterocycles. The molecule has 6 heteroatoms. The Labute approximate surface area is 106 Å². The van der Waals surface area contributed by atoms with E-state index >= 15 is 0 Å². The Balaban J connectivity index is 0.00000128. The van der Waals surface area contributed by atoms with E-state index in [2.05, 4.69) is 15.3 Å². The molecule has 2 rings (SSSR count). The molecule has 4 nitrogen and oxygen atoms in total. The Morgan fingerprint density at radius 2 is 2.38 bits per heavy atom. The molecule has 1 N–H and O–H groups in total. The van der Waals surface area contributed by atoms with Crippen LogP contribution in [-0.4, -0.2) is 29.7 Å². The van der Waals surface area contributed by atoms with Crippen molar-refractivity contribution in [1.82, 2.24) is 15.3 Å². The molecular weight excluding hydrogens is 249 g/mol. The summed E-state index contributed by atoms with van der Waals surface area (Å²) in [4.78, 5) is 7.78. The van der Waals surface area contributed by atoms with Crippen LogP contribution in [0, 0.1) is 5.92 Å². The first-order valence-electron chi connectivity index (χ1n) is 5.15. The molecule has 0 aromatic carbocycles. The fourth-order valence-corrected chi connectivity index (χ4v) is 1.80. The average Bonchev–Trinajstić information content (AvgIpc) is 2.28. The van der Waals surface area contributed by atoms with Crippen molar-refractivity contribution in [2.75, 3.05) is 19.7 Å². The van der Waals surface area contributed by atoms with Gasteiger partial charge in [-0.25, -0.2) is 9.97 Å². The van der Waals surface area contributed by atoms with Crippen molar-refractivity contribution in [2.45, 2.75) is 12.8 Å².